The topological polar surface area (TPSA) is 9.86 Å². The number of allylic oxidation sites excluding steroid dienone is 6. The summed E-state index contributed by atoms with van der Waals surface area (Å²) in [5, 5.41) is 3.86. The first-order chi connectivity index (χ1) is 26.4. The molecule has 0 amide bonds. The van der Waals surface area contributed by atoms with Gasteiger partial charge in [0.05, 0.1) is 16.6 Å². The molecule has 1 aliphatic carbocycles. The number of para-hydroxylation sites is 2. The number of fused-ring (bicyclic) bond motifs is 6. The molecule has 2 heteroatoms. The lowest BCUT2D eigenvalue weighted by Crippen LogP contribution is -2.10. The van der Waals surface area contributed by atoms with Crippen LogP contribution < -0.4 is 0 Å². The molecule has 1 unspecified atom stereocenters. The van der Waals surface area contributed by atoms with E-state index in [1.807, 2.05) is 13.0 Å². The van der Waals surface area contributed by atoms with Gasteiger partial charge >= 0.3 is 0 Å². The van der Waals surface area contributed by atoms with Crippen molar-refractivity contribution in [1.29, 1.82) is 0 Å². The van der Waals surface area contributed by atoms with Crippen LogP contribution in [0.15, 0.2) is 176 Å². The lowest BCUT2D eigenvalue weighted by atomic mass is 9.84. The molecule has 0 saturated heterocycles. The lowest BCUT2D eigenvalue weighted by Gasteiger charge is -2.24. The fraction of sp³-hybridized carbons (Fsp3) is 0.115. The number of benzene rings is 6. The third-order valence-electron chi connectivity index (χ3n) is 11.1. The van der Waals surface area contributed by atoms with E-state index >= 15 is 0 Å². The zero-order chi connectivity index (χ0) is 36.8. The van der Waals surface area contributed by atoms with Gasteiger partial charge in [0.2, 0.25) is 0 Å². The summed E-state index contributed by atoms with van der Waals surface area (Å²) in [7, 11) is 0. The average Bonchev–Trinajstić information content (AvgIpc) is 3.72. The van der Waals surface area contributed by atoms with Crippen molar-refractivity contribution in [3.63, 3.8) is 0 Å². The van der Waals surface area contributed by atoms with E-state index in [4.69, 9.17) is 0 Å². The predicted octanol–water partition coefficient (Wildman–Crippen LogP) is 14.0. The molecule has 8 aromatic rings. The molecule has 0 fully saturated rings. The summed E-state index contributed by atoms with van der Waals surface area (Å²) in [6.07, 6.45) is 12.8. The summed E-state index contributed by atoms with van der Waals surface area (Å²) in [4.78, 5) is 0. The second-order valence-corrected chi connectivity index (χ2v) is 14.9. The molecule has 6 aromatic carbocycles. The molecule has 0 bridgehead atoms. The highest BCUT2D eigenvalue weighted by Gasteiger charge is 2.27. The van der Waals surface area contributed by atoms with Crippen molar-refractivity contribution < 1.29 is 0 Å². The molecule has 0 spiro atoms. The highest BCUT2D eigenvalue weighted by molar-refractivity contribution is 6.11. The van der Waals surface area contributed by atoms with Crippen molar-refractivity contribution in [3.05, 3.63) is 204 Å². The Morgan fingerprint density at radius 3 is 2.17 bits per heavy atom. The van der Waals surface area contributed by atoms with Crippen molar-refractivity contribution in [1.82, 2.24) is 9.13 Å². The first-order valence-corrected chi connectivity index (χ1v) is 19.1. The summed E-state index contributed by atoms with van der Waals surface area (Å²) in [6, 6.07) is 51.4. The summed E-state index contributed by atoms with van der Waals surface area (Å²) in [6.45, 7) is 10.6. The molecule has 1 aliphatic rings. The van der Waals surface area contributed by atoms with Crippen LogP contribution in [0.1, 0.15) is 54.1 Å². The summed E-state index contributed by atoms with van der Waals surface area (Å²) in [5.74, 6) is 0.335. The Kier molecular flexibility index (Phi) is 8.60. The van der Waals surface area contributed by atoms with E-state index in [1.165, 1.54) is 88.7 Å². The maximum absolute atomic E-state index is 3.97. The van der Waals surface area contributed by atoms with E-state index in [0.717, 1.165) is 18.4 Å². The van der Waals surface area contributed by atoms with Gasteiger partial charge < -0.3 is 9.13 Å². The quantitative estimate of drug-likeness (QED) is 0.140. The molecule has 9 rings (SSSR count). The van der Waals surface area contributed by atoms with Crippen molar-refractivity contribution >= 4 is 44.4 Å². The molecule has 1 atom stereocenters. The number of nitrogens with zero attached hydrogens (tertiary/aromatic N) is 2. The number of hydrogen-bond acceptors (Lipinski definition) is 0. The third-order valence-corrected chi connectivity index (χ3v) is 11.1. The van der Waals surface area contributed by atoms with Gasteiger partial charge in [-0.05, 0) is 115 Å². The SMILES string of the molecule is C=C(C)/C=C\C=C/Cc1cc(-n2c3c(c4ccccc42)C=C(c2ccc4c(c2)c2ccccc2n4-c2cccc(-c4ccccc4)c2)CC3C)ccc1C. The van der Waals surface area contributed by atoms with Gasteiger partial charge in [-0.25, -0.2) is 0 Å². The van der Waals surface area contributed by atoms with Crippen LogP contribution in [-0.4, -0.2) is 9.13 Å². The van der Waals surface area contributed by atoms with Gasteiger partial charge in [-0.2, -0.15) is 0 Å². The Bertz CT molecular complexity index is 2820. The number of aryl methyl sites for hydroxylation is 1. The molecule has 2 aromatic heterocycles. The molecule has 0 saturated carbocycles. The highest BCUT2D eigenvalue weighted by Crippen LogP contribution is 2.45. The fourth-order valence-corrected chi connectivity index (χ4v) is 8.48. The zero-order valence-corrected chi connectivity index (χ0v) is 31.3. The Hall–Kier alpha value is -6.38. The van der Waals surface area contributed by atoms with E-state index in [1.54, 1.807) is 0 Å². The fourth-order valence-electron chi connectivity index (χ4n) is 8.48. The van der Waals surface area contributed by atoms with Gasteiger partial charge in [0.15, 0.2) is 0 Å². The van der Waals surface area contributed by atoms with Crippen molar-refractivity contribution in [2.45, 2.75) is 39.5 Å². The summed E-state index contributed by atoms with van der Waals surface area (Å²) >= 11 is 0. The molecular formula is C52H44N2. The molecule has 2 heterocycles. The van der Waals surface area contributed by atoms with Gasteiger partial charge in [-0.15, -0.1) is 0 Å². The zero-order valence-electron chi connectivity index (χ0n) is 31.3. The van der Waals surface area contributed by atoms with Gasteiger partial charge in [0, 0.05) is 44.7 Å². The van der Waals surface area contributed by atoms with E-state index in [-0.39, 0.29) is 0 Å². The van der Waals surface area contributed by atoms with Gasteiger partial charge in [-0.1, -0.05) is 134 Å². The van der Waals surface area contributed by atoms with Gasteiger partial charge in [0.25, 0.3) is 0 Å². The normalized spacial score (nSPS) is 14.4. The van der Waals surface area contributed by atoms with E-state index in [0.29, 0.717) is 5.92 Å². The summed E-state index contributed by atoms with van der Waals surface area (Å²) < 4.78 is 4.95. The molecule has 0 aliphatic heterocycles. The van der Waals surface area contributed by atoms with Crippen molar-refractivity contribution in [2.75, 3.05) is 0 Å². The average molecular weight is 697 g/mol. The number of hydrogen-bond donors (Lipinski definition) is 0. The minimum Gasteiger partial charge on any atom is -0.313 e. The minimum atomic E-state index is 0.335. The van der Waals surface area contributed by atoms with Crippen LogP contribution in [0.25, 0.3) is 66.9 Å². The van der Waals surface area contributed by atoms with Crippen LogP contribution in [0.5, 0.6) is 0 Å². The van der Waals surface area contributed by atoms with Crippen molar-refractivity contribution in [2.24, 2.45) is 0 Å². The van der Waals surface area contributed by atoms with E-state index in [9.17, 15) is 0 Å². The van der Waals surface area contributed by atoms with Crippen molar-refractivity contribution in [3.8, 4) is 22.5 Å². The second kappa shape index (κ2) is 13.9. The van der Waals surface area contributed by atoms with Crippen LogP contribution in [0.3, 0.4) is 0 Å². The lowest BCUT2D eigenvalue weighted by molar-refractivity contribution is 0.732. The van der Waals surface area contributed by atoms with Crippen LogP contribution >= 0.6 is 0 Å². The smallest absolute Gasteiger partial charge is 0.0541 e. The Morgan fingerprint density at radius 1 is 0.648 bits per heavy atom. The van der Waals surface area contributed by atoms with Gasteiger partial charge in [-0.3, -0.25) is 0 Å². The highest BCUT2D eigenvalue weighted by atomic mass is 15.0. The maximum Gasteiger partial charge on any atom is 0.0541 e. The Balaban J connectivity index is 1.14. The summed E-state index contributed by atoms with van der Waals surface area (Å²) in [5.41, 5.74) is 17.7. The molecular weight excluding hydrogens is 653 g/mol. The number of rotatable bonds is 8. The van der Waals surface area contributed by atoms with E-state index < -0.39 is 0 Å². The molecule has 54 heavy (non-hydrogen) atoms. The standard InChI is InChI=1S/C52H44N2/c1-35(2)16-7-5-10-19-39-31-44(28-26-36(39)3)54-50-25-14-12-23-46(50)48-34-42(30-37(4)52(48)54)41-27-29-51-47(33-41)45-22-11-13-24-49(45)53(51)43-21-15-20-40(32-43)38-17-8-6-9-18-38/h5-18,20-29,31-34,37H,1,19,30H2,2-4H3/b10-5-,16-7-. The first-order valence-electron chi connectivity index (χ1n) is 19.1. The largest absolute Gasteiger partial charge is 0.313 e. The first kappa shape index (κ1) is 33.5. The Labute approximate surface area is 318 Å². The Morgan fingerprint density at radius 2 is 1.35 bits per heavy atom. The predicted molar refractivity (Wildman–Crippen MR) is 232 cm³/mol. The second-order valence-electron chi connectivity index (χ2n) is 14.9. The number of aromatic nitrogens is 2. The van der Waals surface area contributed by atoms with E-state index in [2.05, 4.69) is 193 Å². The van der Waals surface area contributed by atoms with Crippen LogP contribution in [0.4, 0.5) is 0 Å². The minimum absolute atomic E-state index is 0.335. The van der Waals surface area contributed by atoms with Gasteiger partial charge in [0.1, 0.15) is 0 Å². The molecule has 0 N–H and O–H groups in total. The molecule has 262 valence electrons. The van der Waals surface area contributed by atoms with Crippen LogP contribution in [-0.2, 0) is 6.42 Å². The monoisotopic (exact) mass is 696 g/mol. The third kappa shape index (κ3) is 5.94. The van der Waals surface area contributed by atoms with Crippen LogP contribution in [0.2, 0.25) is 0 Å². The molecule has 2 nitrogen and oxygen atoms in total. The van der Waals surface area contributed by atoms with Crippen LogP contribution in [0, 0.1) is 6.92 Å². The maximum atomic E-state index is 3.97. The molecule has 0 radical (unpaired) electrons.